The fourth-order valence-corrected chi connectivity index (χ4v) is 4.29. The number of nitrogens with zero attached hydrogens (tertiary/aromatic N) is 2. The molecule has 0 fully saturated rings. The molecule has 23 heavy (non-hydrogen) atoms. The molecule has 5 rings (SSSR count). The molecule has 2 aliphatic rings. The van der Waals surface area contributed by atoms with Crippen LogP contribution in [0.3, 0.4) is 0 Å². The van der Waals surface area contributed by atoms with Crippen molar-refractivity contribution in [2.45, 2.75) is 19.8 Å². The van der Waals surface area contributed by atoms with E-state index < -0.39 is 0 Å². The highest BCUT2D eigenvalue weighted by Crippen LogP contribution is 2.46. The Balaban J connectivity index is 1.92. The van der Waals surface area contributed by atoms with Gasteiger partial charge in [0, 0.05) is 30.5 Å². The molecular weight excluding hydrogens is 280 g/mol. The van der Waals surface area contributed by atoms with E-state index in [4.69, 9.17) is 0 Å². The largest absolute Gasteiger partial charge is 0.307 e. The third kappa shape index (κ3) is 1.58. The molecule has 3 aromatic rings. The zero-order valence-corrected chi connectivity index (χ0v) is 13.8. The van der Waals surface area contributed by atoms with E-state index in [2.05, 4.69) is 66.7 Å². The van der Waals surface area contributed by atoms with Crippen LogP contribution in [0.15, 0.2) is 36.4 Å². The van der Waals surface area contributed by atoms with Crippen molar-refractivity contribution in [1.82, 2.24) is 0 Å². The first kappa shape index (κ1) is 13.0. The van der Waals surface area contributed by atoms with Crippen LogP contribution < -0.4 is 9.13 Å². The van der Waals surface area contributed by atoms with Crippen LogP contribution in [-0.4, -0.2) is 0 Å². The average Bonchev–Trinajstić information content (AvgIpc) is 3.09. The number of benzene rings is 1. The number of rotatable bonds is 0. The molecule has 2 aliphatic carbocycles. The molecule has 2 aromatic heterocycles. The van der Waals surface area contributed by atoms with E-state index in [0.29, 0.717) is 0 Å². The van der Waals surface area contributed by atoms with Gasteiger partial charge in [-0.3, -0.25) is 0 Å². The third-order valence-corrected chi connectivity index (χ3v) is 5.50. The van der Waals surface area contributed by atoms with Crippen molar-refractivity contribution in [1.29, 1.82) is 0 Å². The molecule has 1 aromatic carbocycles. The fraction of sp³-hybridized carbons (Fsp3) is 0.238. The molecular formula is C21H19N2+. The number of hydrogen-bond acceptors (Lipinski definition) is 0. The van der Waals surface area contributed by atoms with Gasteiger partial charge in [0.1, 0.15) is 26.0 Å². The lowest BCUT2D eigenvalue weighted by Crippen LogP contribution is -2.35. The molecule has 2 heteroatoms. The van der Waals surface area contributed by atoms with E-state index >= 15 is 0 Å². The van der Waals surface area contributed by atoms with Gasteiger partial charge >= 0.3 is 0 Å². The first-order valence-electron chi connectivity index (χ1n) is 8.19. The monoisotopic (exact) mass is 299 g/mol. The molecule has 112 valence electrons. The Hall–Kier alpha value is -2.48. The predicted octanol–water partition coefficient (Wildman–Crippen LogP) is 2.59. The first-order valence-corrected chi connectivity index (χ1v) is 8.19. The highest BCUT2D eigenvalue weighted by molar-refractivity contribution is 5.90. The van der Waals surface area contributed by atoms with Crippen molar-refractivity contribution < 1.29 is 9.13 Å². The first-order chi connectivity index (χ1) is 11.1. The van der Waals surface area contributed by atoms with E-state index in [1.165, 1.54) is 50.5 Å². The molecule has 0 saturated carbocycles. The Labute approximate surface area is 136 Å². The molecule has 0 aliphatic heterocycles. The summed E-state index contributed by atoms with van der Waals surface area (Å²) in [6, 6.07) is 13.4. The van der Waals surface area contributed by atoms with Crippen molar-refractivity contribution in [2.75, 3.05) is 0 Å². The van der Waals surface area contributed by atoms with Crippen molar-refractivity contribution in [3.63, 3.8) is 0 Å². The van der Waals surface area contributed by atoms with E-state index in [0.717, 1.165) is 12.8 Å². The lowest BCUT2D eigenvalue weighted by Gasteiger charge is -2.11. The summed E-state index contributed by atoms with van der Waals surface area (Å²) in [6.07, 6.45) is 5.40. The number of fused-ring (bicyclic) bond motifs is 7. The van der Waals surface area contributed by atoms with Gasteiger partial charge in [-0.25, -0.2) is 0 Å². The molecule has 2 nitrogen and oxygen atoms in total. The normalized spacial score (nSPS) is 13.5. The summed E-state index contributed by atoms with van der Waals surface area (Å²) in [7, 11) is 4.30. The highest BCUT2D eigenvalue weighted by atomic mass is 15.0. The Morgan fingerprint density at radius 1 is 0.783 bits per heavy atom. The molecule has 0 N–H and O–H groups in total. The zero-order chi connectivity index (χ0) is 15.7. The van der Waals surface area contributed by atoms with Crippen LogP contribution in [0.25, 0.3) is 22.5 Å². The van der Waals surface area contributed by atoms with Crippen LogP contribution in [0, 0.1) is 13.1 Å². The van der Waals surface area contributed by atoms with Gasteiger partial charge in [0.25, 0.3) is 0 Å². The second-order valence-electron chi connectivity index (χ2n) is 6.79. The minimum Gasteiger partial charge on any atom is -0.307 e. The van der Waals surface area contributed by atoms with Crippen LogP contribution in [-0.2, 0) is 26.9 Å². The predicted molar refractivity (Wildman–Crippen MR) is 88.9 cm³/mol. The summed E-state index contributed by atoms with van der Waals surface area (Å²) in [5, 5.41) is 0. The van der Waals surface area contributed by atoms with Crippen LogP contribution >= 0.6 is 0 Å². The quantitative estimate of drug-likeness (QED) is 0.307. The summed E-state index contributed by atoms with van der Waals surface area (Å²) in [6.45, 7) is 2.18. The van der Waals surface area contributed by atoms with Gasteiger partial charge in [-0.2, -0.15) is 10.6 Å². The van der Waals surface area contributed by atoms with Crippen molar-refractivity contribution in [3.8, 4) is 22.5 Å². The SMILES string of the molecule is Cc1ccc2c([n+]1C)-c1c(ccc3c1-c1c(cc[c-][n+]1C)C3)C2. The van der Waals surface area contributed by atoms with Crippen LogP contribution in [0.4, 0.5) is 0 Å². The van der Waals surface area contributed by atoms with Gasteiger partial charge in [0.2, 0.25) is 5.69 Å². The summed E-state index contributed by atoms with van der Waals surface area (Å²) in [5.74, 6) is 0. The number of aromatic nitrogens is 2. The minimum absolute atomic E-state index is 1.03. The average molecular weight is 299 g/mol. The molecule has 0 radical (unpaired) electrons. The maximum Gasteiger partial charge on any atom is 0.216 e. The van der Waals surface area contributed by atoms with Gasteiger partial charge in [-0.1, -0.05) is 17.7 Å². The topological polar surface area (TPSA) is 7.76 Å². The zero-order valence-electron chi connectivity index (χ0n) is 13.8. The number of aryl methyl sites for hydroxylation is 2. The summed E-state index contributed by atoms with van der Waals surface area (Å²) in [5.41, 5.74) is 12.7. The van der Waals surface area contributed by atoms with Crippen LogP contribution in [0.2, 0.25) is 0 Å². The Kier molecular flexibility index (Phi) is 2.42. The van der Waals surface area contributed by atoms with E-state index in [1.54, 1.807) is 0 Å². The maximum atomic E-state index is 3.32. The van der Waals surface area contributed by atoms with E-state index in [9.17, 15) is 0 Å². The van der Waals surface area contributed by atoms with Gasteiger partial charge in [-0.05, 0) is 23.6 Å². The van der Waals surface area contributed by atoms with Gasteiger partial charge in [-0.15, -0.1) is 6.07 Å². The van der Waals surface area contributed by atoms with Crippen molar-refractivity contribution in [3.05, 3.63) is 70.5 Å². The third-order valence-electron chi connectivity index (χ3n) is 5.50. The smallest absolute Gasteiger partial charge is 0.216 e. The molecule has 0 spiro atoms. The number of hydrogen-bond donors (Lipinski definition) is 0. The fourth-order valence-electron chi connectivity index (χ4n) is 4.29. The summed E-state index contributed by atoms with van der Waals surface area (Å²) >= 11 is 0. The molecule has 0 unspecified atom stereocenters. The van der Waals surface area contributed by atoms with Crippen LogP contribution in [0.1, 0.15) is 27.9 Å². The molecule has 0 saturated heterocycles. The van der Waals surface area contributed by atoms with Gasteiger partial charge < -0.3 is 4.57 Å². The Morgan fingerprint density at radius 2 is 1.39 bits per heavy atom. The summed E-state index contributed by atoms with van der Waals surface area (Å²) in [4.78, 5) is 0. The lowest BCUT2D eigenvalue weighted by atomic mass is 9.97. The molecule has 0 amide bonds. The van der Waals surface area contributed by atoms with Crippen molar-refractivity contribution in [2.24, 2.45) is 14.1 Å². The standard InChI is InChI=1S/C21H19N2/c1-13-6-7-17-12-15-9-8-14-11-16-5-4-10-22(2)20(16)18(14)19(15)21(17)23(13)3/h4-9H,11-12H2,1-3H3/q+1. The Bertz CT molecular complexity index is 999. The van der Waals surface area contributed by atoms with Gasteiger partial charge in [0.05, 0.1) is 5.56 Å². The summed E-state index contributed by atoms with van der Waals surface area (Å²) < 4.78 is 4.52. The van der Waals surface area contributed by atoms with E-state index in [-0.39, 0.29) is 0 Å². The lowest BCUT2D eigenvalue weighted by molar-refractivity contribution is -0.667. The molecule has 2 heterocycles. The molecule has 0 bridgehead atoms. The highest BCUT2D eigenvalue weighted by Gasteiger charge is 2.34. The Morgan fingerprint density at radius 3 is 2.13 bits per heavy atom. The second-order valence-corrected chi connectivity index (χ2v) is 6.79. The van der Waals surface area contributed by atoms with Gasteiger partial charge in [0.15, 0.2) is 5.69 Å². The van der Waals surface area contributed by atoms with Crippen LogP contribution in [0.5, 0.6) is 0 Å². The number of pyridine rings is 2. The minimum atomic E-state index is 1.03. The second kappa shape index (κ2) is 4.29. The van der Waals surface area contributed by atoms with Crippen molar-refractivity contribution >= 4 is 0 Å². The maximum absolute atomic E-state index is 3.32. The molecule has 0 atom stereocenters. The van der Waals surface area contributed by atoms with E-state index in [1.807, 2.05) is 6.07 Å².